The Morgan fingerprint density at radius 1 is 1.38 bits per heavy atom. The van der Waals surface area contributed by atoms with Gasteiger partial charge >= 0.3 is 0 Å². The van der Waals surface area contributed by atoms with Gasteiger partial charge in [-0.25, -0.2) is 4.98 Å². The normalized spacial score (nSPS) is 18.2. The van der Waals surface area contributed by atoms with E-state index in [0.29, 0.717) is 0 Å². The summed E-state index contributed by atoms with van der Waals surface area (Å²) in [6.07, 6.45) is 5.47. The van der Waals surface area contributed by atoms with E-state index in [4.69, 9.17) is 4.98 Å². The molecular formula is C13H22N2S. The average molecular weight is 238 g/mol. The summed E-state index contributed by atoms with van der Waals surface area (Å²) < 4.78 is 0. The molecule has 1 saturated carbocycles. The van der Waals surface area contributed by atoms with Crippen LogP contribution >= 0.6 is 11.3 Å². The number of aromatic nitrogens is 1. The lowest BCUT2D eigenvalue weighted by molar-refractivity contribution is 0.519. The summed E-state index contributed by atoms with van der Waals surface area (Å²) in [5.74, 6) is 0. The Hall–Kier alpha value is -0.410. The molecule has 1 heterocycles. The van der Waals surface area contributed by atoms with E-state index in [1.807, 2.05) is 0 Å². The second-order valence-electron chi connectivity index (χ2n) is 5.74. The molecule has 0 radical (unpaired) electrons. The molecule has 90 valence electrons. The van der Waals surface area contributed by atoms with Gasteiger partial charge in [-0.2, -0.15) is 0 Å². The number of nitrogens with one attached hydrogen (secondary N) is 1. The van der Waals surface area contributed by atoms with Gasteiger partial charge in [0.15, 0.2) is 0 Å². The van der Waals surface area contributed by atoms with Crippen LogP contribution in [0, 0.1) is 0 Å². The summed E-state index contributed by atoms with van der Waals surface area (Å²) in [5.41, 5.74) is 1.41. The summed E-state index contributed by atoms with van der Waals surface area (Å²) in [7, 11) is 0. The van der Waals surface area contributed by atoms with Gasteiger partial charge in [-0.15, -0.1) is 11.3 Å². The van der Waals surface area contributed by atoms with Crippen LogP contribution in [0.4, 0.5) is 0 Å². The lowest BCUT2D eigenvalue weighted by atomic mass is 9.93. The van der Waals surface area contributed by atoms with Crippen LogP contribution in [-0.4, -0.2) is 11.0 Å². The van der Waals surface area contributed by atoms with Gasteiger partial charge in [0.05, 0.1) is 5.69 Å². The van der Waals surface area contributed by atoms with E-state index < -0.39 is 0 Å². The molecule has 1 N–H and O–H groups in total. The van der Waals surface area contributed by atoms with E-state index in [2.05, 4.69) is 31.5 Å². The van der Waals surface area contributed by atoms with E-state index in [0.717, 1.165) is 12.6 Å². The van der Waals surface area contributed by atoms with Crippen LogP contribution in [0.5, 0.6) is 0 Å². The number of hydrogen-bond acceptors (Lipinski definition) is 3. The first-order valence-corrected chi connectivity index (χ1v) is 7.12. The van der Waals surface area contributed by atoms with Crippen molar-refractivity contribution in [2.45, 2.75) is 64.5 Å². The van der Waals surface area contributed by atoms with Crippen molar-refractivity contribution in [3.05, 3.63) is 16.1 Å². The third-order valence-electron chi connectivity index (χ3n) is 3.22. The molecule has 1 fully saturated rings. The molecule has 1 aromatic heterocycles. The van der Waals surface area contributed by atoms with Crippen LogP contribution < -0.4 is 5.32 Å². The quantitative estimate of drug-likeness (QED) is 0.872. The van der Waals surface area contributed by atoms with Crippen molar-refractivity contribution in [1.82, 2.24) is 10.3 Å². The highest BCUT2D eigenvalue weighted by Crippen LogP contribution is 2.24. The predicted molar refractivity (Wildman–Crippen MR) is 69.9 cm³/mol. The van der Waals surface area contributed by atoms with Gasteiger partial charge in [0, 0.05) is 23.4 Å². The van der Waals surface area contributed by atoms with Crippen molar-refractivity contribution < 1.29 is 0 Å². The minimum atomic E-state index is 0.183. The lowest BCUT2D eigenvalue weighted by Gasteiger charge is -2.14. The van der Waals surface area contributed by atoms with Gasteiger partial charge in [-0.1, -0.05) is 33.6 Å². The highest BCUT2D eigenvalue weighted by atomic mass is 32.1. The molecule has 0 amide bonds. The maximum atomic E-state index is 4.70. The molecule has 2 rings (SSSR count). The monoisotopic (exact) mass is 238 g/mol. The molecule has 16 heavy (non-hydrogen) atoms. The molecule has 0 spiro atoms. The fourth-order valence-electron chi connectivity index (χ4n) is 2.10. The predicted octanol–water partition coefficient (Wildman–Crippen LogP) is 3.47. The maximum Gasteiger partial charge on any atom is 0.107 e. The van der Waals surface area contributed by atoms with Crippen molar-refractivity contribution in [2.75, 3.05) is 0 Å². The molecule has 0 saturated heterocycles. The van der Waals surface area contributed by atoms with Gasteiger partial charge in [0.25, 0.3) is 0 Å². The molecule has 0 aromatic carbocycles. The highest BCUT2D eigenvalue weighted by molar-refractivity contribution is 7.09. The molecule has 0 bridgehead atoms. The second kappa shape index (κ2) is 4.84. The van der Waals surface area contributed by atoms with Crippen molar-refractivity contribution in [2.24, 2.45) is 0 Å². The molecule has 3 heteroatoms. The zero-order chi connectivity index (χ0) is 11.6. The molecule has 1 aliphatic carbocycles. The second-order valence-corrected chi connectivity index (χ2v) is 6.68. The van der Waals surface area contributed by atoms with Crippen LogP contribution in [0.25, 0.3) is 0 Å². The van der Waals surface area contributed by atoms with Crippen LogP contribution in [0.3, 0.4) is 0 Å². The van der Waals surface area contributed by atoms with Crippen LogP contribution in [0.1, 0.15) is 57.2 Å². The van der Waals surface area contributed by atoms with Crippen LogP contribution in [0.15, 0.2) is 5.38 Å². The van der Waals surface area contributed by atoms with Gasteiger partial charge < -0.3 is 5.32 Å². The Bertz CT molecular complexity index is 332. The first-order valence-electron chi connectivity index (χ1n) is 6.24. The van der Waals surface area contributed by atoms with Crippen LogP contribution in [0.2, 0.25) is 0 Å². The fraction of sp³-hybridized carbons (Fsp3) is 0.769. The first kappa shape index (κ1) is 12.1. The van der Waals surface area contributed by atoms with Crippen LogP contribution in [-0.2, 0) is 12.0 Å². The smallest absolute Gasteiger partial charge is 0.107 e. The lowest BCUT2D eigenvalue weighted by Crippen LogP contribution is -2.25. The highest BCUT2D eigenvalue weighted by Gasteiger charge is 2.18. The molecule has 1 aliphatic rings. The zero-order valence-electron chi connectivity index (χ0n) is 10.5. The average Bonchev–Trinajstić information content (AvgIpc) is 2.85. The Balaban J connectivity index is 1.87. The molecule has 0 unspecified atom stereocenters. The molecule has 0 aliphatic heterocycles. The van der Waals surface area contributed by atoms with E-state index in [1.165, 1.54) is 36.4 Å². The van der Waals surface area contributed by atoms with Crippen molar-refractivity contribution in [3.63, 3.8) is 0 Å². The topological polar surface area (TPSA) is 24.9 Å². The number of hydrogen-bond donors (Lipinski definition) is 1. The number of rotatable bonds is 3. The van der Waals surface area contributed by atoms with E-state index in [1.54, 1.807) is 11.3 Å². The maximum absolute atomic E-state index is 4.70. The minimum Gasteiger partial charge on any atom is -0.308 e. The third-order valence-corrected chi connectivity index (χ3v) is 4.07. The van der Waals surface area contributed by atoms with E-state index in [-0.39, 0.29) is 5.41 Å². The molecular weight excluding hydrogens is 216 g/mol. The zero-order valence-corrected chi connectivity index (χ0v) is 11.4. The summed E-state index contributed by atoms with van der Waals surface area (Å²) in [6.45, 7) is 7.61. The SMILES string of the molecule is CC(C)(C)c1csc(CNC2CCCC2)n1. The largest absolute Gasteiger partial charge is 0.308 e. The standard InChI is InChI=1S/C13H22N2S/c1-13(2,3)11-9-16-12(15-11)8-14-10-6-4-5-7-10/h9-10,14H,4-8H2,1-3H3. The Labute approximate surface area is 102 Å². The van der Waals surface area contributed by atoms with Crippen molar-refractivity contribution in [3.8, 4) is 0 Å². The van der Waals surface area contributed by atoms with Gasteiger partial charge in [0.1, 0.15) is 5.01 Å². The Kier molecular flexibility index (Phi) is 3.65. The van der Waals surface area contributed by atoms with Gasteiger partial charge in [0.2, 0.25) is 0 Å². The molecule has 0 atom stereocenters. The van der Waals surface area contributed by atoms with Gasteiger partial charge in [-0.05, 0) is 12.8 Å². The number of thiazole rings is 1. The molecule has 1 aromatic rings. The Morgan fingerprint density at radius 2 is 2.06 bits per heavy atom. The summed E-state index contributed by atoms with van der Waals surface area (Å²) in [4.78, 5) is 4.70. The summed E-state index contributed by atoms with van der Waals surface area (Å²) >= 11 is 1.79. The van der Waals surface area contributed by atoms with Crippen molar-refractivity contribution >= 4 is 11.3 Å². The molecule has 2 nitrogen and oxygen atoms in total. The third kappa shape index (κ3) is 3.05. The summed E-state index contributed by atoms with van der Waals surface area (Å²) in [6, 6.07) is 0.738. The van der Waals surface area contributed by atoms with Crippen molar-refractivity contribution in [1.29, 1.82) is 0 Å². The summed E-state index contributed by atoms with van der Waals surface area (Å²) in [5, 5.41) is 7.04. The number of nitrogens with zero attached hydrogens (tertiary/aromatic N) is 1. The van der Waals surface area contributed by atoms with E-state index >= 15 is 0 Å². The van der Waals surface area contributed by atoms with E-state index in [9.17, 15) is 0 Å². The Morgan fingerprint density at radius 3 is 2.62 bits per heavy atom. The fourth-order valence-corrected chi connectivity index (χ4v) is 3.07. The first-order chi connectivity index (χ1) is 7.55. The van der Waals surface area contributed by atoms with Gasteiger partial charge in [-0.3, -0.25) is 0 Å². The minimum absolute atomic E-state index is 0.183.